The lowest BCUT2D eigenvalue weighted by Crippen LogP contribution is -2.10. The third kappa shape index (κ3) is 5.42. The highest BCUT2D eigenvalue weighted by molar-refractivity contribution is 5.99. The summed E-state index contributed by atoms with van der Waals surface area (Å²) in [4.78, 5) is 2.40. The minimum Gasteiger partial charge on any atom is -0.310 e. The summed E-state index contributed by atoms with van der Waals surface area (Å²) in [6.45, 7) is 8.68. The Bertz CT molecular complexity index is 2210. The lowest BCUT2D eigenvalue weighted by Gasteiger charge is -2.27. The second-order valence-corrected chi connectivity index (χ2v) is 13.2. The molecule has 0 bridgehead atoms. The molecule has 1 atom stereocenters. The molecule has 47 heavy (non-hydrogen) atoms. The summed E-state index contributed by atoms with van der Waals surface area (Å²) in [5, 5.41) is 2.59. The molecule has 228 valence electrons. The summed E-state index contributed by atoms with van der Waals surface area (Å²) in [6.07, 6.45) is 11.9. The van der Waals surface area contributed by atoms with Crippen molar-refractivity contribution in [1.29, 1.82) is 0 Å². The van der Waals surface area contributed by atoms with Gasteiger partial charge in [0.05, 0.1) is 0 Å². The molecule has 8 rings (SSSR count). The zero-order chi connectivity index (χ0) is 31.9. The molecule has 0 amide bonds. The number of aryl methyl sites for hydroxylation is 1. The maximum Gasteiger partial charge on any atom is 0.0467 e. The predicted octanol–water partition coefficient (Wildman–Crippen LogP) is 12.5. The number of nitrogens with zero attached hydrogens (tertiary/aromatic N) is 1. The molecule has 2 aliphatic rings. The van der Waals surface area contributed by atoms with Crippen molar-refractivity contribution in [2.75, 3.05) is 4.90 Å². The van der Waals surface area contributed by atoms with Gasteiger partial charge < -0.3 is 4.90 Å². The first-order valence-corrected chi connectivity index (χ1v) is 16.7. The van der Waals surface area contributed by atoms with Crippen LogP contribution >= 0.6 is 0 Å². The van der Waals surface area contributed by atoms with E-state index in [4.69, 9.17) is 0 Å². The molecule has 0 aromatic heterocycles. The van der Waals surface area contributed by atoms with Crippen LogP contribution in [0.5, 0.6) is 0 Å². The SMILES string of the molecule is C=C(C)CC(c1ccccc1C)c1ccc(-c2ccc(N(c3ccc4c(c3)C=CC4)c3ccc4c(c3)CC=C4)cc2)c2ccccc12. The van der Waals surface area contributed by atoms with E-state index < -0.39 is 0 Å². The topological polar surface area (TPSA) is 3.24 Å². The normalized spacial score (nSPS) is 13.5. The minimum atomic E-state index is 0.258. The van der Waals surface area contributed by atoms with Gasteiger partial charge in [-0.2, -0.15) is 0 Å². The van der Waals surface area contributed by atoms with Crippen molar-refractivity contribution in [3.63, 3.8) is 0 Å². The van der Waals surface area contributed by atoms with Crippen molar-refractivity contribution in [2.24, 2.45) is 0 Å². The standard InChI is InChI=1S/C46H39N/c1-31(2)28-46(41-15-5-4-10-32(41)3)45-27-26-42(43-16-6-7-17-44(43)45)35-20-22-38(23-21-35)47(39-24-18-33-11-8-13-36(33)29-39)40-25-19-34-12-9-14-37(34)30-40/h4-11,14-27,29-30,46H,1,12-13,28H2,2-3H3. The summed E-state index contributed by atoms with van der Waals surface area (Å²) < 4.78 is 0. The fourth-order valence-electron chi connectivity index (χ4n) is 7.59. The minimum absolute atomic E-state index is 0.258. The van der Waals surface area contributed by atoms with E-state index in [0.29, 0.717) is 0 Å². The van der Waals surface area contributed by atoms with E-state index in [2.05, 4.69) is 171 Å². The van der Waals surface area contributed by atoms with E-state index in [0.717, 1.165) is 24.9 Å². The molecular formula is C46H39N. The fraction of sp³-hybridized carbons (Fsp3) is 0.130. The number of rotatable bonds is 8. The monoisotopic (exact) mass is 605 g/mol. The highest BCUT2D eigenvalue weighted by Crippen LogP contribution is 2.42. The van der Waals surface area contributed by atoms with Crippen LogP contribution in [-0.2, 0) is 12.8 Å². The highest BCUT2D eigenvalue weighted by atomic mass is 15.1. The first-order valence-electron chi connectivity index (χ1n) is 16.7. The van der Waals surface area contributed by atoms with Gasteiger partial charge in [0, 0.05) is 23.0 Å². The van der Waals surface area contributed by atoms with Gasteiger partial charge in [-0.05, 0) is 130 Å². The molecule has 1 nitrogen and oxygen atoms in total. The number of hydrogen-bond donors (Lipinski definition) is 0. The molecule has 0 aliphatic heterocycles. The van der Waals surface area contributed by atoms with Crippen LogP contribution in [0.25, 0.3) is 34.1 Å². The van der Waals surface area contributed by atoms with Crippen molar-refractivity contribution in [2.45, 2.75) is 39.0 Å². The predicted molar refractivity (Wildman–Crippen MR) is 202 cm³/mol. The van der Waals surface area contributed by atoms with E-state index >= 15 is 0 Å². The van der Waals surface area contributed by atoms with Crippen molar-refractivity contribution in [3.05, 3.63) is 185 Å². The van der Waals surface area contributed by atoms with Crippen LogP contribution in [0.1, 0.15) is 58.2 Å². The summed E-state index contributed by atoms with van der Waals surface area (Å²) in [7, 11) is 0. The third-order valence-electron chi connectivity index (χ3n) is 9.93. The smallest absolute Gasteiger partial charge is 0.0467 e. The molecule has 1 heteroatoms. The second-order valence-electron chi connectivity index (χ2n) is 13.2. The van der Waals surface area contributed by atoms with E-state index in [1.165, 1.54) is 77.8 Å². The number of fused-ring (bicyclic) bond motifs is 3. The fourth-order valence-corrected chi connectivity index (χ4v) is 7.59. The Labute approximate surface area is 278 Å². The molecule has 0 saturated carbocycles. The van der Waals surface area contributed by atoms with E-state index in [1.54, 1.807) is 0 Å². The first-order chi connectivity index (χ1) is 23.0. The van der Waals surface area contributed by atoms with Gasteiger partial charge in [0.25, 0.3) is 0 Å². The molecule has 0 fully saturated rings. The molecule has 6 aromatic rings. The summed E-state index contributed by atoms with van der Waals surface area (Å²) >= 11 is 0. The Balaban J connectivity index is 1.21. The molecule has 0 N–H and O–H groups in total. The number of allylic oxidation sites excluding steroid dienone is 3. The molecule has 2 aliphatic carbocycles. The van der Waals surface area contributed by atoms with Gasteiger partial charge in [-0.1, -0.05) is 115 Å². The van der Waals surface area contributed by atoms with E-state index in [1.807, 2.05) is 0 Å². The first kappa shape index (κ1) is 29.0. The second kappa shape index (κ2) is 12.1. The molecule has 0 saturated heterocycles. The van der Waals surface area contributed by atoms with E-state index in [9.17, 15) is 0 Å². The summed E-state index contributed by atoms with van der Waals surface area (Å²) in [5.41, 5.74) is 16.7. The Morgan fingerprint density at radius 3 is 2.13 bits per heavy atom. The molecule has 0 radical (unpaired) electrons. The van der Waals surface area contributed by atoms with Gasteiger partial charge in [0.2, 0.25) is 0 Å². The zero-order valence-corrected chi connectivity index (χ0v) is 27.2. The lowest BCUT2D eigenvalue weighted by molar-refractivity contribution is 0.798. The van der Waals surface area contributed by atoms with Crippen molar-refractivity contribution in [1.82, 2.24) is 0 Å². The average Bonchev–Trinajstić information content (AvgIpc) is 3.77. The zero-order valence-electron chi connectivity index (χ0n) is 27.2. The maximum atomic E-state index is 4.31. The highest BCUT2D eigenvalue weighted by Gasteiger charge is 2.21. The Kier molecular flexibility index (Phi) is 7.46. The number of hydrogen-bond acceptors (Lipinski definition) is 1. The number of anilines is 3. The molecule has 1 unspecified atom stereocenters. The Morgan fingerprint density at radius 1 is 0.638 bits per heavy atom. The van der Waals surface area contributed by atoms with Crippen LogP contribution in [-0.4, -0.2) is 0 Å². The average molecular weight is 606 g/mol. The quantitative estimate of drug-likeness (QED) is 0.156. The summed E-state index contributed by atoms with van der Waals surface area (Å²) in [5.74, 6) is 0.258. The van der Waals surface area contributed by atoms with Crippen LogP contribution < -0.4 is 4.90 Å². The van der Waals surface area contributed by atoms with Crippen LogP contribution in [0.4, 0.5) is 17.1 Å². The summed E-state index contributed by atoms with van der Waals surface area (Å²) in [6, 6.07) is 45.3. The van der Waals surface area contributed by atoms with E-state index in [-0.39, 0.29) is 5.92 Å². The Hall–Kier alpha value is -5.40. The molecule has 6 aromatic carbocycles. The van der Waals surface area contributed by atoms with Crippen molar-refractivity contribution < 1.29 is 0 Å². The number of benzene rings is 6. The van der Waals surface area contributed by atoms with Gasteiger partial charge in [0.1, 0.15) is 0 Å². The van der Waals surface area contributed by atoms with Gasteiger partial charge in [-0.15, -0.1) is 6.58 Å². The molecule has 0 spiro atoms. The molecular weight excluding hydrogens is 567 g/mol. The van der Waals surface area contributed by atoms with Crippen molar-refractivity contribution in [3.8, 4) is 11.1 Å². The van der Waals surface area contributed by atoms with Crippen LogP contribution in [0.2, 0.25) is 0 Å². The van der Waals surface area contributed by atoms with Gasteiger partial charge in [-0.25, -0.2) is 0 Å². The maximum absolute atomic E-state index is 4.31. The largest absolute Gasteiger partial charge is 0.310 e. The van der Waals surface area contributed by atoms with Crippen LogP contribution in [0.3, 0.4) is 0 Å². The van der Waals surface area contributed by atoms with Crippen LogP contribution in [0.15, 0.2) is 146 Å². The van der Waals surface area contributed by atoms with Gasteiger partial charge >= 0.3 is 0 Å². The Morgan fingerprint density at radius 2 is 1.32 bits per heavy atom. The molecule has 0 heterocycles. The van der Waals surface area contributed by atoms with Crippen LogP contribution in [0, 0.1) is 6.92 Å². The third-order valence-corrected chi connectivity index (χ3v) is 9.93. The lowest BCUT2D eigenvalue weighted by atomic mass is 9.81. The van der Waals surface area contributed by atoms with Crippen molar-refractivity contribution >= 4 is 40.0 Å². The van der Waals surface area contributed by atoms with Gasteiger partial charge in [0.15, 0.2) is 0 Å². The van der Waals surface area contributed by atoms with Gasteiger partial charge in [-0.3, -0.25) is 0 Å².